The third kappa shape index (κ3) is 2.64. The summed E-state index contributed by atoms with van der Waals surface area (Å²) in [6.45, 7) is 2.46. The van der Waals surface area contributed by atoms with Gasteiger partial charge in [0.1, 0.15) is 5.69 Å². The summed E-state index contributed by atoms with van der Waals surface area (Å²) in [6, 6.07) is 2.14. The van der Waals surface area contributed by atoms with Crippen LogP contribution in [0.4, 0.5) is 0 Å². The van der Waals surface area contributed by atoms with Gasteiger partial charge in [0.25, 0.3) is 0 Å². The van der Waals surface area contributed by atoms with Crippen molar-refractivity contribution in [1.82, 2.24) is 15.0 Å². The van der Waals surface area contributed by atoms with Crippen LogP contribution in [0.5, 0.6) is 0 Å². The van der Waals surface area contributed by atoms with Crippen molar-refractivity contribution >= 4 is 0 Å². The molecule has 0 spiro atoms. The standard InChI is InChI=1S/C12H18N4O/c1-9(17)6-8-16-12(10-3-2-4-10)11(5-7-13)14-15-16/h9-10,17H,2-6,8H2,1H3. The Labute approximate surface area is 101 Å². The van der Waals surface area contributed by atoms with E-state index < -0.39 is 0 Å². The Morgan fingerprint density at radius 1 is 1.59 bits per heavy atom. The Balaban J connectivity index is 2.16. The van der Waals surface area contributed by atoms with Crippen LogP contribution >= 0.6 is 0 Å². The number of rotatable bonds is 5. The van der Waals surface area contributed by atoms with Crippen molar-refractivity contribution in [2.24, 2.45) is 0 Å². The highest BCUT2D eigenvalue weighted by Crippen LogP contribution is 2.37. The van der Waals surface area contributed by atoms with Gasteiger partial charge >= 0.3 is 0 Å². The quantitative estimate of drug-likeness (QED) is 0.835. The third-order valence-electron chi connectivity index (χ3n) is 3.34. The predicted octanol–water partition coefficient (Wildman–Crippen LogP) is 1.38. The molecular formula is C12H18N4O. The Morgan fingerprint density at radius 3 is 2.88 bits per heavy atom. The van der Waals surface area contributed by atoms with Crippen LogP contribution in [-0.4, -0.2) is 26.2 Å². The number of hydrogen-bond donors (Lipinski definition) is 1. The maximum atomic E-state index is 9.31. The van der Waals surface area contributed by atoms with Gasteiger partial charge in [0.15, 0.2) is 0 Å². The molecule has 0 bridgehead atoms. The molecule has 1 aliphatic carbocycles. The second kappa shape index (κ2) is 5.28. The Hall–Kier alpha value is -1.41. The van der Waals surface area contributed by atoms with Gasteiger partial charge in [0, 0.05) is 12.5 Å². The van der Waals surface area contributed by atoms with Crippen LogP contribution in [0.1, 0.15) is 49.9 Å². The first-order valence-corrected chi connectivity index (χ1v) is 6.19. The maximum absolute atomic E-state index is 9.31. The lowest BCUT2D eigenvalue weighted by molar-refractivity contribution is 0.174. The van der Waals surface area contributed by atoms with E-state index in [0.717, 1.165) is 11.4 Å². The minimum atomic E-state index is -0.326. The van der Waals surface area contributed by atoms with E-state index in [0.29, 0.717) is 25.3 Å². The minimum absolute atomic E-state index is 0.326. The molecule has 0 aromatic carbocycles. The van der Waals surface area contributed by atoms with Crippen LogP contribution in [0.3, 0.4) is 0 Å². The van der Waals surface area contributed by atoms with Crippen molar-refractivity contribution < 1.29 is 5.11 Å². The summed E-state index contributed by atoms with van der Waals surface area (Å²) >= 11 is 0. The normalized spacial score (nSPS) is 17.5. The maximum Gasteiger partial charge on any atom is 0.100 e. The molecule has 5 nitrogen and oxygen atoms in total. The van der Waals surface area contributed by atoms with Crippen molar-refractivity contribution in [3.63, 3.8) is 0 Å². The van der Waals surface area contributed by atoms with E-state index in [-0.39, 0.29) is 6.10 Å². The van der Waals surface area contributed by atoms with E-state index in [4.69, 9.17) is 5.26 Å². The van der Waals surface area contributed by atoms with E-state index in [1.807, 2.05) is 4.68 Å². The molecule has 0 radical (unpaired) electrons. The summed E-state index contributed by atoms with van der Waals surface area (Å²) in [6.07, 6.45) is 4.27. The van der Waals surface area contributed by atoms with Crippen LogP contribution < -0.4 is 0 Å². The van der Waals surface area contributed by atoms with Gasteiger partial charge in [-0.25, -0.2) is 4.68 Å². The lowest BCUT2D eigenvalue weighted by Crippen LogP contribution is -2.18. The highest BCUT2D eigenvalue weighted by molar-refractivity contribution is 5.20. The van der Waals surface area contributed by atoms with Crippen molar-refractivity contribution in [3.8, 4) is 6.07 Å². The van der Waals surface area contributed by atoms with Crippen LogP contribution in [0, 0.1) is 11.3 Å². The minimum Gasteiger partial charge on any atom is -0.393 e. The predicted molar refractivity (Wildman–Crippen MR) is 62.2 cm³/mol. The molecule has 1 heterocycles. The molecule has 1 unspecified atom stereocenters. The second-order valence-corrected chi connectivity index (χ2v) is 4.74. The van der Waals surface area contributed by atoms with Crippen molar-refractivity contribution in [3.05, 3.63) is 11.4 Å². The van der Waals surface area contributed by atoms with Crippen molar-refractivity contribution in [2.45, 2.75) is 57.6 Å². The molecule has 1 saturated carbocycles. The molecule has 2 rings (SSSR count). The Bertz CT molecular complexity index is 415. The molecule has 0 aliphatic heterocycles. The molecule has 0 amide bonds. The van der Waals surface area contributed by atoms with Gasteiger partial charge in [-0.05, 0) is 26.2 Å². The molecule has 1 aromatic heterocycles. The van der Waals surface area contributed by atoms with Crippen molar-refractivity contribution in [2.75, 3.05) is 0 Å². The first kappa shape index (κ1) is 12.1. The molecular weight excluding hydrogens is 216 g/mol. The number of nitrogens with zero attached hydrogens (tertiary/aromatic N) is 4. The van der Waals surface area contributed by atoms with E-state index in [2.05, 4.69) is 16.4 Å². The number of aliphatic hydroxyl groups excluding tert-OH is 1. The number of aliphatic hydroxyl groups is 1. The van der Waals surface area contributed by atoms with Crippen molar-refractivity contribution in [1.29, 1.82) is 5.26 Å². The van der Waals surface area contributed by atoms with Crippen LogP contribution in [0.25, 0.3) is 0 Å². The van der Waals surface area contributed by atoms with E-state index >= 15 is 0 Å². The zero-order chi connectivity index (χ0) is 12.3. The lowest BCUT2D eigenvalue weighted by atomic mass is 9.81. The zero-order valence-electron chi connectivity index (χ0n) is 10.1. The van der Waals surface area contributed by atoms with Gasteiger partial charge in [-0.1, -0.05) is 11.6 Å². The lowest BCUT2D eigenvalue weighted by Gasteiger charge is -2.26. The molecule has 1 N–H and O–H groups in total. The molecule has 1 aliphatic rings. The monoisotopic (exact) mass is 234 g/mol. The topological polar surface area (TPSA) is 74.7 Å². The fraction of sp³-hybridized carbons (Fsp3) is 0.750. The zero-order valence-corrected chi connectivity index (χ0v) is 10.1. The summed E-state index contributed by atoms with van der Waals surface area (Å²) in [5.41, 5.74) is 1.95. The summed E-state index contributed by atoms with van der Waals surface area (Å²) in [4.78, 5) is 0. The molecule has 0 saturated heterocycles. The Kier molecular flexibility index (Phi) is 3.75. The Morgan fingerprint density at radius 2 is 2.35 bits per heavy atom. The summed E-state index contributed by atoms with van der Waals surface area (Å²) in [5.74, 6) is 0.516. The van der Waals surface area contributed by atoms with E-state index in [9.17, 15) is 5.11 Å². The van der Waals surface area contributed by atoms with Gasteiger partial charge < -0.3 is 5.11 Å². The largest absolute Gasteiger partial charge is 0.393 e. The number of nitriles is 1. The number of aromatic nitrogens is 3. The summed E-state index contributed by atoms with van der Waals surface area (Å²) in [5, 5.41) is 26.3. The highest BCUT2D eigenvalue weighted by atomic mass is 16.3. The third-order valence-corrected chi connectivity index (χ3v) is 3.34. The SMILES string of the molecule is CC(O)CCn1nnc(CC#N)c1C1CCC1. The summed E-state index contributed by atoms with van der Waals surface area (Å²) < 4.78 is 1.88. The van der Waals surface area contributed by atoms with Gasteiger partial charge in [-0.15, -0.1) is 5.10 Å². The second-order valence-electron chi connectivity index (χ2n) is 4.74. The van der Waals surface area contributed by atoms with Crippen LogP contribution in [0.15, 0.2) is 0 Å². The number of aryl methyl sites for hydroxylation is 1. The molecule has 92 valence electrons. The van der Waals surface area contributed by atoms with Gasteiger partial charge in [-0.2, -0.15) is 5.26 Å². The van der Waals surface area contributed by atoms with Crippen LogP contribution in [0.2, 0.25) is 0 Å². The first-order chi connectivity index (χ1) is 8.22. The van der Waals surface area contributed by atoms with Gasteiger partial charge in [0.2, 0.25) is 0 Å². The van der Waals surface area contributed by atoms with Crippen LogP contribution in [-0.2, 0) is 13.0 Å². The molecule has 1 aromatic rings. The molecule has 1 atom stereocenters. The van der Waals surface area contributed by atoms with Gasteiger partial charge in [0.05, 0.1) is 24.3 Å². The first-order valence-electron chi connectivity index (χ1n) is 6.19. The smallest absolute Gasteiger partial charge is 0.100 e. The van der Waals surface area contributed by atoms with Gasteiger partial charge in [-0.3, -0.25) is 0 Å². The number of hydrogen-bond acceptors (Lipinski definition) is 4. The molecule has 1 fully saturated rings. The average Bonchev–Trinajstić information content (AvgIpc) is 2.58. The fourth-order valence-corrected chi connectivity index (χ4v) is 2.16. The molecule has 5 heteroatoms. The summed E-state index contributed by atoms with van der Waals surface area (Å²) in [7, 11) is 0. The highest BCUT2D eigenvalue weighted by Gasteiger charge is 2.27. The molecule has 17 heavy (non-hydrogen) atoms. The average molecular weight is 234 g/mol. The fourth-order valence-electron chi connectivity index (χ4n) is 2.16. The van der Waals surface area contributed by atoms with E-state index in [1.54, 1.807) is 6.92 Å². The van der Waals surface area contributed by atoms with E-state index in [1.165, 1.54) is 19.3 Å².